The maximum Gasteiger partial charge on any atom is 0.391 e. The third kappa shape index (κ3) is 4.52. The molecule has 0 unspecified atom stereocenters. The Hall–Kier alpha value is -1.43. The summed E-state index contributed by atoms with van der Waals surface area (Å²) in [5.41, 5.74) is 0.327. The maximum atomic E-state index is 13.4. The molecule has 1 aromatic carbocycles. The minimum Gasteiger partial charge on any atom is -0.298 e. The molecule has 2 nitrogen and oxygen atoms in total. The molecule has 0 saturated carbocycles. The van der Waals surface area contributed by atoms with E-state index in [0.29, 0.717) is 5.56 Å². The van der Waals surface area contributed by atoms with Crippen LogP contribution in [0.4, 0.5) is 17.6 Å². The molecule has 1 aromatic rings. The van der Waals surface area contributed by atoms with Crippen molar-refractivity contribution in [3.63, 3.8) is 0 Å². The number of nitrogens with zero attached hydrogens (tertiary/aromatic N) is 1. The smallest absolute Gasteiger partial charge is 0.298 e. The van der Waals surface area contributed by atoms with Crippen molar-refractivity contribution in [2.75, 3.05) is 19.6 Å². The van der Waals surface area contributed by atoms with Crippen LogP contribution in [0.2, 0.25) is 0 Å². The van der Waals surface area contributed by atoms with Crippen molar-refractivity contribution in [1.82, 2.24) is 4.90 Å². The van der Waals surface area contributed by atoms with Crippen LogP contribution in [0.15, 0.2) is 24.3 Å². The second kappa shape index (κ2) is 6.56. The largest absolute Gasteiger partial charge is 0.391 e. The molecule has 1 aliphatic heterocycles. The quantitative estimate of drug-likeness (QED) is 0.796. The van der Waals surface area contributed by atoms with Gasteiger partial charge in [-0.15, -0.1) is 0 Å². The van der Waals surface area contributed by atoms with E-state index in [1.807, 2.05) is 0 Å². The van der Waals surface area contributed by atoms with Crippen molar-refractivity contribution in [3.8, 4) is 0 Å². The van der Waals surface area contributed by atoms with Gasteiger partial charge in [0.05, 0.1) is 12.5 Å². The number of carbonyl (C=O) groups is 1. The van der Waals surface area contributed by atoms with E-state index in [2.05, 4.69) is 0 Å². The van der Waals surface area contributed by atoms with Crippen LogP contribution in [0.5, 0.6) is 0 Å². The standard InChI is InChI=1S/C15H17F4NO/c16-14-4-2-1-3-11(14)9-13(21)10-20-7-5-12(6-8-20)15(17,18)19/h1-4,12H,5-10H2. The van der Waals surface area contributed by atoms with Crippen molar-refractivity contribution in [2.24, 2.45) is 5.92 Å². The van der Waals surface area contributed by atoms with Crippen LogP contribution in [0.25, 0.3) is 0 Å². The topological polar surface area (TPSA) is 20.3 Å². The molecule has 1 fully saturated rings. The highest BCUT2D eigenvalue weighted by Gasteiger charge is 2.41. The second-order valence-corrected chi connectivity index (χ2v) is 5.40. The molecule has 0 N–H and O–H groups in total. The lowest BCUT2D eigenvalue weighted by Gasteiger charge is -2.32. The summed E-state index contributed by atoms with van der Waals surface area (Å²) >= 11 is 0. The van der Waals surface area contributed by atoms with Crippen molar-refractivity contribution >= 4 is 5.78 Å². The third-order valence-electron chi connectivity index (χ3n) is 3.80. The summed E-state index contributed by atoms with van der Waals surface area (Å²) in [5.74, 6) is -1.87. The minimum atomic E-state index is -4.15. The molecule has 1 heterocycles. The Kier molecular flexibility index (Phi) is 4.98. The van der Waals surface area contributed by atoms with Gasteiger partial charge < -0.3 is 0 Å². The van der Waals surface area contributed by atoms with Crippen LogP contribution in [0.1, 0.15) is 18.4 Å². The van der Waals surface area contributed by atoms with Crippen LogP contribution in [-0.4, -0.2) is 36.5 Å². The van der Waals surface area contributed by atoms with Crippen molar-refractivity contribution in [2.45, 2.75) is 25.4 Å². The third-order valence-corrected chi connectivity index (χ3v) is 3.80. The monoisotopic (exact) mass is 303 g/mol. The van der Waals surface area contributed by atoms with Gasteiger partial charge in [-0.3, -0.25) is 9.69 Å². The first kappa shape index (κ1) is 15.9. The molecule has 6 heteroatoms. The molecule has 0 spiro atoms. The van der Waals surface area contributed by atoms with Gasteiger partial charge in [-0.1, -0.05) is 18.2 Å². The van der Waals surface area contributed by atoms with Crippen LogP contribution < -0.4 is 0 Å². The van der Waals surface area contributed by atoms with E-state index in [4.69, 9.17) is 0 Å². The molecule has 0 aromatic heterocycles. The summed E-state index contributed by atoms with van der Waals surface area (Å²) in [6.07, 6.45) is -4.12. The summed E-state index contributed by atoms with van der Waals surface area (Å²) in [5, 5.41) is 0. The number of hydrogen-bond acceptors (Lipinski definition) is 2. The van der Waals surface area contributed by atoms with Gasteiger partial charge in [-0.05, 0) is 37.6 Å². The molecule has 0 amide bonds. The first-order valence-electron chi connectivity index (χ1n) is 6.90. The Bertz CT molecular complexity index is 493. The Morgan fingerprint density at radius 1 is 1.19 bits per heavy atom. The Balaban J connectivity index is 1.81. The summed E-state index contributed by atoms with van der Waals surface area (Å²) in [6, 6.07) is 6.03. The van der Waals surface area contributed by atoms with Gasteiger partial charge in [0.25, 0.3) is 0 Å². The van der Waals surface area contributed by atoms with Crippen LogP contribution in [0.3, 0.4) is 0 Å². The lowest BCUT2D eigenvalue weighted by Crippen LogP contribution is -2.41. The van der Waals surface area contributed by atoms with Crippen LogP contribution >= 0.6 is 0 Å². The van der Waals surface area contributed by atoms with E-state index in [0.717, 1.165) is 0 Å². The molecule has 0 bridgehead atoms. The molecule has 0 aliphatic carbocycles. The highest BCUT2D eigenvalue weighted by Crippen LogP contribution is 2.33. The minimum absolute atomic E-state index is 0.0220. The molecule has 1 aliphatic rings. The van der Waals surface area contributed by atoms with Gasteiger partial charge in [-0.2, -0.15) is 13.2 Å². The van der Waals surface area contributed by atoms with Crippen LogP contribution in [0, 0.1) is 11.7 Å². The normalized spacial score (nSPS) is 17.9. The van der Waals surface area contributed by atoms with E-state index >= 15 is 0 Å². The maximum absolute atomic E-state index is 13.4. The average Bonchev–Trinajstić information content (AvgIpc) is 2.41. The van der Waals surface area contributed by atoms with Gasteiger partial charge in [0, 0.05) is 6.42 Å². The van der Waals surface area contributed by atoms with E-state index in [1.165, 1.54) is 6.07 Å². The fourth-order valence-electron chi connectivity index (χ4n) is 2.58. The number of likely N-dealkylation sites (tertiary alicyclic amines) is 1. The molecule has 116 valence electrons. The zero-order valence-electron chi connectivity index (χ0n) is 11.5. The van der Waals surface area contributed by atoms with Crippen LogP contribution in [-0.2, 0) is 11.2 Å². The lowest BCUT2D eigenvalue weighted by atomic mass is 9.96. The number of rotatable bonds is 4. The van der Waals surface area contributed by atoms with Crippen molar-refractivity contribution < 1.29 is 22.4 Å². The van der Waals surface area contributed by atoms with Gasteiger partial charge in [-0.25, -0.2) is 4.39 Å². The highest BCUT2D eigenvalue weighted by molar-refractivity contribution is 5.82. The van der Waals surface area contributed by atoms with E-state index in [1.54, 1.807) is 23.1 Å². The van der Waals surface area contributed by atoms with E-state index in [9.17, 15) is 22.4 Å². The average molecular weight is 303 g/mol. The number of halogens is 4. The SMILES string of the molecule is O=C(Cc1ccccc1F)CN1CCC(C(F)(F)F)CC1. The number of ketones is 1. The zero-order valence-corrected chi connectivity index (χ0v) is 11.5. The van der Waals surface area contributed by atoms with E-state index < -0.39 is 17.9 Å². The number of alkyl halides is 3. The number of hydrogen-bond donors (Lipinski definition) is 0. The number of carbonyl (C=O) groups excluding carboxylic acids is 1. The molecule has 2 rings (SSSR count). The Morgan fingerprint density at radius 2 is 1.81 bits per heavy atom. The molecule has 21 heavy (non-hydrogen) atoms. The predicted molar refractivity (Wildman–Crippen MR) is 70.3 cm³/mol. The molecular weight excluding hydrogens is 286 g/mol. The molecule has 0 radical (unpaired) electrons. The molecular formula is C15H17F4NO. The number of benzene rings is 1. The van der Waals surface area contributed by atoms with Crippen molar-refractivity contribution in [3.05, 3.63) is 35.6 Å². The molecule has 0 atom stereocenters. The second-order valence-electron chi connectivity index (χ2n) is 5.40. The Labute approximate surface area is 120 Å². The Morgan fingerprint density at radius 3 is 2.38 bits per heavy atom. The first-order valence-corrected chi connectivity index (χ1v) is 6.90. The van der Waals surface area contributed by atoms with Gasteiger partial charge >= 0.3 is 6.18 Å². The molecule has 1 saturated heterocycles. The highest BCUT2D eigenvalue weighted by atomic mass is 19.4. The fraction of sp³-hybridized carbons (Fsp3) is 0.533. The summed E-state index contributed by atoms with van der Waals surface area (Å²) < 4.78 is 51.0. The summed E-state index contributed by atoms with van der Waals surface area (Å²) in [4.78, 5) is 13.6. The lowest BCUT2D eigenvalue weighted by molar-refractivity contribution is -0.185. The number of piperidine rings is 1. The van der Waals surface area contributed by atoms with Gasteiger partial charge in [0.15, 0.2) is 5.78 Å². The van der Waals surface area contributed by atoms with Crippen molar-refractivity contribution in [1.29, 1.82) is 0 Å². The van der Waals surface area contributed by atoms with E-state index in [-0.39, 0.29) is 44.7 Å². The van der Waals surface area contributed by atoms with Gasteiger partial charge in [0.1, 0.15) is 5.82 Å². The summed E-state index contributed by atoms with van der Waals surface area (Å²) in [6.45, 7) is 0.597. The van der Waals surface area contributed by atoms with Gasteiger partial charge in [0.2, 0.25) is 0 Å². The predicted octanol–water partition coefficient (Wildman–Crippen LogP) is 3.21. The zero-order chi connectivity index (χ0) is 15.5. The summed E-state index contributed by atoms with van der Waals surface area (Å²) in [7, 11) is 0. The number of Topliss-reactive ketones (excluding diaryl/α,β-unsaturated/α-hetero) is 1. The fourth-order valence-corrected chi connectivity index (χ4v) is 2.58. The first-order chi connectivity index (χ1) is 9.86.